The van der Waals surface area contributed by atoms with Gasteiger partial charge in [-0.15, -0.1) is 0 Å². The third-order valence-corrected chi connectivity index (χ3v) is 3.43. The normalized spacial score (nSPS) is 14.4. The first kappa shape index (κ1) is 14.1. The first-order valence-electron chi connectivity index (χ1n) is 7.07. The summed E-state index contributed by atoms with van der Waals surface area (Å²) in [7, 11) is 0. The van der Waals surface area contributed by atoms with Gasteiger partial charge in [0.2, 0.25) is 5.91 Å². The number of hydrogen-bond acceptors (Lipinski definition) is 4. The number of nitrogens with zero attached hydrogens (tertiary/aromatic N) is 2. The number of nitrogens with one attached hydrogen (secondary N) is 2. The molecule has 2 heterocycles. The highest BCUT2D eigenvalue weighted by atomic mass is 16.2. The number of amides is 2. The zero-order valence-electron chi connectivity index (χ0n) is 12.0. The molecule has 1 aliphatic rings. The van der Waals surface area contributed by atoms with Crippen molar-refractivity contribution in [1.82, 2.24) is 10.3 Å². The molecule has 0 spiro atoms. The fraction of sp³-hybridized carbons (Fsp3) is 0.188. The second-order valence-electron chi connectivity index (χ2n) is 4.96. The van der Waals surface area contributed by atoms with Crippen molar-refractivity contribution in [3.8, 4) is 0 Å². The maximum atomic E-state index is 12.2. The number of aromatic nitrogens is 1. The van der Waals surface area contributed by atoms with Crippen LogP contribution in [0.4, 0.5) is 11.4 Å². The van der Waals surface area contributed by atoms with Crippen LogP contribution in [0.3, 0.4) is 0 Å². The van der Waals surface area contributed by atoms with Gasteiger partial charge in [0, 0.05) is 19.3 Å². The van der Waals surface area contributed by atoms with Crippen LogP contribution >= 0.6 is 0 Å². The van der Waals surface area contributed by atoms with Crippen molar-refractivity contribution in [2.45, 2.75) is 0 Å². The summed E-state index contributed by atoms with van der Waals surface area (Å²) in [5.41, 5.74) is 1.86. The van der Waals surface area contributed by atoms with Crippen LogP contribution in [-0.4, -0.2) is 36.4 Å². The molecular formula is C16H16N4O2. The Bertz CT molecular complexity index is 688. The van der Waals surface area contributed by atoms with E-state index in [1.807, 2.05) is 29.2 Å². The molecule has 2 aromatic rings. The topological polar surface area (TPSA) is 74.3 Å². The summed E-state index contributed by atoms with van der Waals surface area (Å²) in [5, 5.41) is 5.65. The molecule has 6 heteroatoms. The highest BCUT2D eigenvalue weighted by molar-refractivity contribution is 6.04. The average Bonchev–Trinajstić information content (AvgIpc) is 2.56. The first-order valence-corrected chi connectivity index (χ1v) is 7.07. The van der Waals surface area contributed by atoms with Gasteiger partial charge < -0.3 is 15.5 Å². The SMILES string of the molecule is O=C1CN(c2ccccc2NC(=O)c2ccccn2)CCN1. The molecule has 1 aromatic heterocycles. The summed E-state index contributed by atoms with van der Waals surface area (Å²) >= 11 is 0. The van der Waals surface area contributed by atoms with Gasteiger partial charge in [0.05, 0.1) is 17.9 Å². The molecule has 0 radical (unpaired) electrons. The zero-order chi connectivity index (χ0) is 15.4. The fourth-order valence-electron chi connectivity index (χ4n) is 2.38. The lowest BCUT2D eigenvalue weighted by Crippen LogP contribution is -2.47. The number of piperazine rings is 1. The van der Waals surface area contributed by atoms with Crippen LogP contribution in [0.15, 0.2) is 48.7 Å². The predicted molar refractivity (Wildman–Crippen MR) is 83.9 cm³/mol. The average molecular weight is 296 g/mol. The van der Waals surface area contributed by atoms with Gasteiger partial charge >= 0.3 is 0 Å². The Morgan fingerprint density at radius 1 is 1.18 bits per heavy atom. The van der Waals surface area contributed by atoms with Gasteiger partial charge in [-0.25, -0.2) is 0 Å². The van der Waals surface area contributed by atoms with Crippen molar-refractivity contribution in [3.05, 3.63) is 54.4 Å². The van der Waals surface area contributed by atoms with Crippen molar-refractivity contribution in [2.24, 2.45) is 0 Å². The Balaban J connectivity index is 1.82. The van der Waals surface area contributed by atoms with E-state index >= 15 is 0 Å². The fourth-order valence-corrected chi connectivity index (χ4v) is 2.38. The number of pyridine rings is 1. The number of para-hydroxylation sites is 2. The smallest absolute Gasteiger partial charge is 0.274 e. The second kappa shape index (κ2) is 6.26. The monoisotopic (exact) mass is 296 g/mol. The number of anilines is 2. The molecule has 0 unspecified atom stereocenters. The van der Waals surface area contributed by atoms with Crippen LogP contribution < -0.4 is 15.5 Å². The van der Waals surface area contributed by atoms with Crippen LogP contribution in [0, 0.1) is 0 Å². The Hall–Kier alpha value is -2.89. The molecule has 22 heavy (non-hydrogen) atoms. The quantitative estimate of drug-likeness (QED) is 0.894. The maximum Gasteiger partial charge on any atom is 0.274 e. The van der Waals surface area contributed by atoms with Crippen molar-refractivity contribution in [1.29, 1.82) is 0 Å². The van der Waals surface area contributed by atoms with E-state index in [-0.39, 0.29) is 18.4 Å². The van der Waals surface area contributed by atoms with Crippen LogP contribution in [-0.2, 0) is 4.79 Å². The molecule has 2 N–H and O–H groups in total. The van der Waals surface area contributed by atoms with E-state index < -0.39 is 0 Å². The van der Waals surface area contributed by atoms with E-state index in [1.165, 1.54) is 0 Å². The lowest BCUT2D eigenvalue weighted by molar-refractivity contribution is -0.120. The van der Waals surface area contributed by atoms with E-state index in [0.717, 1.165) is 5.69 Å². The van der Waals surface area contributed by atoms with E-state index in [9.17, 15) is 9.59 Å². The van der Waals surface area contributed by atoms with Gasteiger partial charge in [0.1, 0.15) is 5.69 Å². The molecule has 0 aliphatic carbocycles. The summed E-state index contributed by atoms with van der Waals surface area (Å²) < 4.78 is 0. The number of hydrogen-bond donors (Lipinski definition) is 2. The summed E-state index contributed by atoms with van der Waals surface area (Å²) in [5.74, 6) is -0.286. The lowest BCUT2D eigenvalue weighted by Gasteiger charge is -2.30. The number of benzene rings is 1. The molecule has 1 saturated heterocycles. The van der Waals surface area contributed by atoms with Gasteiger partial charge in [-0.1, -0.05) is 18.2 Å². The van der Waals surface area contributed by atoms with E-state index in [1.54, 1.807) is 24.4 Å². The molecule has 0 saturated carbocycles. The lowest BCUT2D eigenvalue weighted by atomic mass is 10.2. The third-order valence-electron chi connectivity index (χ3n) is 3.43. The maximum absolute atomic E-state index is 12.2. The van der Waals surface area contributed by atoms with Crippen LogP contribution in [0.25, 0.3) is 0 Å². The molecular weight excluding hydrogens is 280 g/mol. The van der Waals surface area contributed by atoms with Crippen LogP contribution in [0.2, 0.25) is 0 Å². The third kappa shape index (κ3) is 3.06. The van der Waals surface area contributed by atoms with Gasteiger partial charge in [-0.2, -0.15) is 0 Å². The molecule has 1 aliphatic heterocycles. The highest BCUT2D eigenvalue weighted by Crippen LogP contribution is 2.26. The Morgan fingerprint density at radius 2 is 2.00 bits per heavy atom. The molecule has 6 nitrogen and oxygen atoms in total. The summed E-state index contributed by atoms with van der Waals surface area (Å²) in [6, 6.07) is 12.6. The van der Waals surface area contributed by atoms with Crippen LogP contribution in [0.1, 0.15) is 10.5 Å². The summed E-state index contributed by atoms with van der Waals surface area (Å²) in [4.78, 5) is 29.8. The van der Waals surface area contributed by atoms with Crippen molar-refractivity contribution in [3.63, 3.8) is 0 Å². The minimum absolute atomic E-state index is 0.0166. The van der Waals surface area contributed by atoms with E-state index in [2.05, 4.69) is 15.6 Å². The molecule has 2 amide bonds. The zero-order valence-corrected chi connectivity index (χ0v) is 12.0. The number of rotatable bonds is 3. The van der Waals surface area contributed by atoms with E-state index in [0.29, 0.717) is 24.5 Å². The second-order valence-corrected chi connectivity index (χ2v) is 4.96. The highest BCUT2D eigenvalue weighted by Gasteiger charge is 2.19. The summed E-state index contributed by atoms with van der Waals surface area (Å²) in [6.45, 7) is 1.60. The molecule has 0 bridgehead atoms. The van der Waals surface area contributed by atoms with Crippen molar-refractivity contribution >= 4 is 23.2 Å². The standard InChI is InChI=1S/C16H16N4O2/c21-15-11-20(10-9-18-15)14-7-2-1-5-12(14)19-16(22)13-6-3-4-8-17-13/h1-8H,9-11H2,(H,18,21)(H,19,22). The van der Waals surface area contributed by atoms with Crippen LogP contribution in [0.5, 0.6) is 0 Å². The molecule has 112 valence electrons. The largest absolute Gasteiger partial charge is 0.359 e. The summed E-state index contributed by atoms with van der Waals surface area (Å²) in [6.07, 6.45) is 1.58. The molecule has 1 fully saturated rings. The number of carbonyl (C=O) groups is 2. The molecule has 0 atom stereocenters. The van der Waals surface area contributed by atoms with Crippen molar-refractivity contribution in [2.75, 3.05) is 29.9 Å². The first-order chi connectivity index (χ1) is 10.7. The van der Waals surface area contributed by atoms with Gasteiger partial charge in [-0.3, -0.25) is 14.6 Å². The molecule has 3 rings (SSSR count). The van der Waals surface area contributed by atoms with E-state index in [4.69, 9.17) is 0 Å². The minimum atomic E-state index is -0.269. The Kier molecular flexibility index (Phi) is 4.00. The molecule has 1 aromatic carbocycles. The Morgan fingerprint density at radius 3 is 2.77 bits per heavy atom. The van der Waals surface area contributed by atoms with Gasteiger partial charge in [-0.05, 0) is 24.3 Å². The van der Waals surface area contributed by atoms with Gasteiger partial charge in [0.25, 0.3) is 5.91 Å². The number of carbonyl (C=O) groups excluding carboxylic acids is 2. The predicted octanol–water partition coefficient (Wildman–Crippen LogP) is 1.27. The van der Waals surface area contributed by atoms with Crippen molar-refractivity contribution < 1.29 is 9.59 Å². The Labute approximate surface area is 128 Å². The van der Waals surface area contributed by atoms with Gasteiger partial charge in [0.15, 0.2) is 0 Å². The minimum Gasteiger partial charge on any atom is -0.359 e.